The van der Waals surface area contributed by atoms with Crippen molar-refractivity contribution >= 4 is 17.9 Å². The predicted molar refractivity (Wildman–Crippen MR) is 302 cm³/mol. The Hall–Kier alpha value is -4.19. The molecule has 0 saturated heterocycles. The van der Waals surface area contributed by atoms with Crippen molar-refractivity contribution in [1.82, 2.24) is 0 Å². The Kier molecular flexibility index (Phi) is 54.0. The maximum atomic E-state index is 12.9. The number of rotatable bonds is 50. The summed E-state index contributed by atoms with van der Waals surface area (Å²) in [6.45, 7) is 6.39. The van der Waals surface area contributed by atoms with Gasteiger partial charge in [-0.2, -0.15) is 0 Å². The van der Waals surface area contributed by atoms with Gasteiger partial charge in [0, 0.05) is 19.3 Å². The Bertz CT molecular complexity index is 1490. The Labute approximate surface area is 431 Å². The van der Waals surface area contributed by atoms with Crippen LogP contribution in [-0.4, -0.2) is 37.2 Å². The fourth-order valence-electron chi connectivity index (χ4n) is 7.54. The van der Waals surface area contributed by atoms with Gasteiger partial charge in [-0.3, -0.25) is 14.4 Å². The molecule has 0 bridgehead atoms. The van der Waals surface area contributed by atoms with Gasteiger partial charge in [-0.15, -0.1) is 0 Å². The Morgan fingerprint density at radius 2 is 0.643 bits per heavy atom. The van der Waals surface area contributed by atoms with Gasteiger partial charge < -0.3 is 14.2 Å². The number of carbonyl (C=O) groups is 3. The average molecular weight is 970 g/mol. The van der Waals surface area contributed by atoms with Gasteiger partial charge >= 0.3 is 17.9 Å². The van der Waals surface area contributed by atoms with Gasteiger partial charge in [0.15, 0.2) is 6.10 Å². The molecule has 0 aromatic carbocycles. The van der Waals surface area contributed by atoms with Crippen LogP contribution in [0.1, 0.15) is 245 Å². The Balaban J connectivity index is 4.51. The highest BCUT2D eigenvalue weighted by atomic mass is 16.6. The number of hydrogen-bond acceptors (Lipinski definition) is 6. The van der Waals surface area contributed by atoms with Crippen molar-refractivity contribution < 1.29 is 28.6 Å². The molecule has 0 spiro atoms. The van der Waals surface area contributed by atoms with E-state index in [9.17, 15) is 14.4 Å². The molecule has 6 heteroatoms. The highest BCUT2D eigenvalue weighted by Crippen LogP contribution is 2.14. The van der Waals surface area contributed by atoms with Gasteiger partial charge in [0.05, 0.1) is 0 Å². The smallest absolute Gasteiger partial charge is 0.306 e. The zero-order valence-electron chi connectivity index (χ0n) is 45.2. The van der Waals surface area contributed by atoms with Gasteiger partial charge in [-0.25, -0.2) is 0 Å². The van der Waals surface area contributed by atoms with Crippen LogP contribution in [0, 0.1) is 0 Å². The average Bonchev–Trinajstić information content (AvgIpc) is 3.36. The quantitative estimate of drug-likeness (QED) is 0.0199. The molecule has 396 valence electrons. The molecular weight excluding hydrogens is 865 g/mol. The number of ether oxygens (including phenoxy) is 3. The van der Waals surface area contributed by atoms with E-state index in [1.807, 2.05) is 24.3 Å². The molecule has 0 aliphatic rings. The van der Waals surface area contributed by atoms with Crippen molar-refractivity contribution in [3.8, 4) is 0 Å². The van der Waals surface area contributed by atoms with Crippen molar-refractivity contribution in [2.45, 2.75) is 252 Å². The number of unbranched alkanes of at least 4 members (excludes halogenated alkanes) is 24. The van der Waals surface area contributed by atoms with Gasteiger partial charge in [0.2, 0.25) is 0 Å². The Morgan fingerprint density at radius 3 is 1.07 bits per heavy atom. The van der Waals surface area contributed by atoms with Crippen LogP contribution >= 0.6 is 0 Å². The summed E-state index contributed by atoms with van der Waals surface area (Å²) in [6.07, 6.45) is 78.9. The van der Waals surface area contributed by atoms with E-state index in [0.717, 1.165) is 135 Å². The minimum atomic E-state index is -0.807. The first-order valence-electron chi connectivity index (χ1n) is 28.6. The molecule has 1 atom stereocenters. The molecule has 0 N–H and O–H groups in total. The van der Waals surface area contributed by atoms with Gasteiger partial charge in [0.25, 0.3) is 0 Å². The van der Waals surface area contributed by atoms with Gasteiger partial charge in [-0.1, -0.05) is 251 Å². The molecule has 70 heavy (non-hydrogen) atoms. The zero-order chi connectivity index (χ0) is 50.7. The van der Waals surface area contributed by atoms with Crippen LogP contribution in [0.3, 0.4) is 0 Å². The standard InChI is InChI=1S/C64H104O6/c1-4-7-10-13-16-19-22-25-28-31-33-36-39-42-45-48-51-54-57-63(66)69-60-61(59-68-62(65)56-53-50-47-44-41-38-35-30-27-24-21-18-15-12-9-6-3)70-64(67)58-55-52-49-46-43-40-37-34-32-29-26-23-20-17-14-11-8-5-2/h9-10,12-13,16,18-19,21-22,25,27-34,36-37,61H,4-8,11,14-15,17,20,23-24,26,35,38-60H2,1-3H3/b12-9-,13-10-,19-16-,21-18-,25-22-,30-27-,31-28-,32-29-,36-33-,37-34-. The van der Waals surface area contributed by atoms with E-state index in [-0.39, 0.29) is 31.1 Å². The third kappa shape index (κ3) is 54.7. The lowest BCUT2D eigenvalue weighted by Gasteiger charge is -2.18. The maximum Gasteiger partial charge on any atom is 0.306 e. The third-order valence-electron chi connectivity index (χ3n) is 11.8. The van der Waals surface area contributed by atoms with E-state index >= 15 is 0 Å². The molecule has 1 unspecified atom stereocenters. The van der Waals surface area contributed by atoms with Gasteiger partial charge in [0.1, 0.15) is 13.2 Å². The molecule has 6 nitrogen and oxygen atoms in total. The summed E-state index contributed by atoms with van der Waals surface area (Å²) in [4.78, 5) is 38.2. The summed E-state index contributed by atoms with van der Waals surface area (Å²) in [5.74, 6) is -0.957. The summed E-state index contributed by atoms with van der Waals surface area (Å²) >= 11 is 0. The molecule has 0 fully saturated rings. The molecular formula is C64H104O6. The number of carbonyl (C=O) groups excluding carboxylic acids is 3. The number of allylic oxidation sites excluding steroid dienone is 20. The maximum absolute atomic E-state index is 12.9. The topological polar surface area (TPSA) is 78.9 Å². The van der Waals surface area contributed by atoms with E-state index in [1.54, 1.807) is 0 Å². The van der Waals surface area contributed by atoms with Crippen LogP contribution < -0.4 is 0 Å². The van der Waals surface area contributed by atoms with E-state index in [1.165, 1.54) is 70.6 Å². The lowest BCUT2D eigenvalue weighted by Crippen LogP contribution is -2.30. The van der Waals surface area contributed by atoms with Crippen molar-refractivity contribution in [2.24, 2.45) is 0 Å². The molecule has 0 amide bonds. The van der Waals surface area contributed by atoms with Crippen LogP contribution in [-0.2, 0) is 28.6 Å². The lowest BCUT2D eigenvalue weighted by molar-refractivity contribution is -0.167. The zero-order valence-corrected chi connectivity index (χ0v) is 45.2. The van der Waals surface area contributed by atoms with Crippen LogP contribution in [0.5, 0.6) is 0 Å². The predicted octanol–water partition coefficient (Wildman–Crippen LogP) is 19.3. The molecule has 0 radical (unpaired) electrons. The molecule has 0 aliphatic carbocycles. The van der Waals surface area contributed by atoms with E-state index in [4.69, 9.17) is 14.2 Å². The Morgan fingerprint density at radius 1 is 0.314 bits per heavy atom. The molecule has 0 aliphatic heterocycles. The normalized spacial score (nSPS) is 13.0. The molecule has 0 aromatic rings. The van der Waals surface area contributed by atoms with E-state index < -0.39 is 6.10 Å². The summed E-state index contributed by atoms with van der Waals surface area (Å²) in [5.41, 5.74) is 0. The minimum Gasteiger partial charge on any atom is -0.462 e. The highest BCUT2D eigenvalue weighted by Gasteiger charge is 2.19. The second-order valence-electron chi connectivity index (χ2n) is 18.6. The van der Waals surface area contributed by atoms with Crippen LogP contribution in [0.2, 0.25) is 0 Å². The lowest BCUT2D eigenvalue weighted by atomic mass is 10.1. The fraction of sp³-hybridized carbons (Fsp3) is 0.641. The second-order valence-corrected chi connectivity index (χ2v) is 18.6. The van der Waals surface area contributed by atoms with Crippen molar-refractivity contribution in [1.29, 1.82) is 0 Å². The van der Waals surface area contributed by atoms with Crippen molar-refractivity contribution in [3.05, 3.63) is 122 Å². The van der Waals surface area contributed by atoms with Crippen LogP contribution in [0.15, 0.2) is 122 Å². The third-order valence-corrected chi connectivity index (χ3v) is 11.8. The van der Waals surface area contributed by atoms with Gasteiger partial charge in [-0.05, 0) is 96.3 Å². The molecule has 0 heterocycles. The first-order chi connectivity index (χ1) is 34.5. The molecule has 0 saturated carbocycles. The first kappa shape index (κ1) is 65.8. The van der Waals surface area contributed by atoms with Crippen molar-refractivity contribution in [3.63, 3.8) is 0 Å². The van der Waals surface area contributed by atoms with Crippen LogP contribution in [0.4, 0.5) is 0 Å². The van der Waals surface area contributed by atoms with Crippen molar-refractivity contribution in [2.75, 3.05) is 13.2 Å². The summed E-state index contributed by atoms with van der Waals surface area (Å²) < 4.78 is 16.8. The highest BCUT2D eigenvalue weighted by molar-refractivity contribution is 5.71. The number of esters is 3. The van der Waals surface area contributed by atoms with E-state index in [2.05, 4.69) is 118 Å². The summed E-state index contributed by atoms with van der Waals surface area (Å²) in [7, 11) is 0. The SMILES string of the molecule is CC/C=C\C/C=C\C/C=C\CCCCCCCCC(=O)OCC(COC(=O)CCCCCCC\C=C/C=C\C=C/C=C\C=C/CCC)OC(=O)CCCCCCC/C=C\C=C/CCCCCCCCC. The van der Waals surface area contributed by atoms with Crippen LogP contribution in [0.25, 0.3) is 0 Å². The summed E-state index contributed by atoms with van der Waals surface area (Å²) in [6, 6.07) is 0. The summed E-state index contributed by atoms with van der Waals surface area (Å²) in [5, 5.41) is 0. The minimum absolute atomic E-state index is 0.103. The first-order valence-corrected chi connectivity index (χ1v) is 28.6. The molecule has 0 rings (SSSR count). The molecule has 0 aromatic heterocycles. The largest absolute Gasteiger partial charge is 0.462 e. The fourth-order valence-corrected chi connectivity index (χ4v) is 7.54. The van der Waals surface area contributed by atoms with E-state index in [0.29, 0.717) is 19.3 Å². The second kappa shape index (κ2) is 57.4. The monoisotopic (exact) mass is 969 g/mol. The number of hydrogen-bond donors (Lipinski definition) is 0.